The van der Waals surface area contributed by atoms with Gasteiger partial charge in [-0.1, -0.05) is 12.1 Å². The number of rotatable bonds is 5. The molecule has 0 unspecified atom stereocenters. The van der Waals surface area contributed by atoms with Crippen molar-refractivity contribution < 1.29 is 18.7 Å². The van der Waals surface area contributed by atoms with Crippen molar-refractivity contribution in [2.75, 3.05) is 32.9 Å². The molecular weight excluding hydrogens is 325 g/mol. The fourth-order valence-corrected chi connectivity index (χ4v) is 2.76. The third kappa shape index (κ3) is 4.96. The van der Waals surface area contributed by atoms with E-state index in [1.54, 1.807) is 23.2 Å². The topological polar surface area (TPSA) is 64.5 Å². The predicted molar refractivity (Wildman–Crippen MR) is 88.5 cm³/mol. The molecule has 1 aromatic heterocycles. The van der Waals surface area contributed by atoms with Crippen LogP contribution in [0.15, 0.2) is 42.9 Å². The SMILES string of the molecule is O=C(COc1ccccc1F)N1CCOC[C@@H](Cc2ccncn2)C1. The standard InChI is InChI=1S/C18H20FN3O3/c19-16-3-1-2-4-17(16)25-12-18(23)22-7-8-24-11-14(10-22)9-15-5-6-20-13-21-15/h1-6,13-14H,7-12H2/t14-/m0/s1. The number of hydrogen-bond donors (Lipinski definition) is 0. The first-order valence-electron chi connectivity index (χ1n) is 8.20. The minimum atomic E-state index is -0.476. The largest absolute Gasteiger partial charge is 0.481 e. The summed E-state index contributed by atoms with van der Waals surface area (Å²) in [6.07, 6.45) is 3.92. The van der Waals surface area contributed by atoms with E-state index in [0.717, 1.165) is 5.69 Å². The van der Waals surface area contributed by atoms with Gasteiger partial charge in [0.25, 0.3) is 5.91 Å². The fraction of sp³-hybridized carbons (Fsp3) is 0.389. The molecule has 132 valence electrons. The van der Waals surface area contributed by atoms with Crippen LogP contribution in [-0.2, 0) is 16.0 Å². The van der Waals surface area contributed by atoms with Gasteiger partial charge in [-0.05, 0) is 24.6 Å². The molecule has 1 fully saturated rings. The van der Waals surface area contributed by atoms with Crippen LogP contribution >= 0.6 is 0 Å². The third-order valence-electron chi connectivity index (χ3n) is 4.02. The van der Waals surface area contributed by atoms with E-state index in [0.29, 0.717) is 32.7 Å². The van der Waals surface area contributed by atoms with E-state index in [9.17, 15) is 9.18 Å². The van der Waals surface area contributed by atoms with Crippen molar-refractivity contribution in [1.29, 1.82) is 0 Å². The Kier molecular flexibility index (Phi) is 5.90. The molecule has 1 atom stereocenters. The molecule has 1 amide bonds. The number of nitrogens with zero attached hydrogens (tertiary/aromatic N) is 3. The van der Waals surface area contributed by atoms with Crippen molar-refractivity contribution in [2.24, 2.45) is 5.92 Å². The van der Waals surface area contributed by atoms with Crippen LogP contribution in [0.5, 0.6) is 5.75 Å². The van der Waals surface area contributed by atoms with Gasteiger partial charge in [-0.15, -0.1) is 0 Å². The number of amides is 1. The van der Waals surface area contributed by atoms with E-state index in [1.165, 1.54) is 18.5 Å². The van der Waals surface area contributed by atoms with Crippen molar-refractivity contribution in [3.05, 3.63) is 54.4 Å². The first-order chi connectivity index (χ1) is 12.2. The molecule has 1 aliphatic rings. The molecule has 25 heavy (non-hydrogen) atoms. The van der Waals surface area contributed by atoms with E-state index in [4.69, 9.17) is 9.47 Å². The van der Waals surface area contributed by atoms with Gasteiger partial charge in [-0.25, -0.2) is 14.4 Å². The predicted octanol–water partition coefficient (Wildman–Crippen LogP) is 1.71. The van der Waals surface area contributed by atoms with Gasteiger partial charge in [0.2, 0.25) is 0 Å². The maximum atomic E-state index is 13.6. The summed E-state index contributed by atoms with van der Waals surface area (Å²) in [5.74, 6) is -0.424. The monoisotopic (exact) mass is 345 g/mol. The van der Waals surface area contributed by atoms with Gasteiger partial charge >= 0.3 is 0 Å². The highest BCUT2D eigenvalue weighted by Gasteiger charge is 2.23. The molecule has 0 saturated carbocycles. The zero-order chi connectivity index (χ0) is 17.5. The summed E-state index contributed by atoms with van der Waals surface area (Å²) in [5, 5.41) is 0. The van der Waals surface area contributed by atoms with Crippen molar-refractivity contribution in [2.45, 2.75) is 6.42 Å². The maximum absolute atomic E-state index is 13.6. The maximum Gasteiger partial charge on any atom is 0.260 e. The summed E-state index contributed by atoms with van der Waals surface area (Å²) in [6, 6.07) is 7.91. The van der Waals surface area contributed by atoms with Crippen molar-refractivity contribution >= 4 is 5.91 Å². The van der Waals surface area contributed by atoms with E-state index < -0.39 is 5.82 Å². The molecule has 0 bridgehead atoms. The van der Waals surface area contributed by atoms with Crippen LogP contribution in [0.1, 0.15) is 5.69 Å². The Morgan fingerprint density at radius 2 is 2.24 bits per heavy atom. The molecule has 0 aliphatic carbocycles. The second-order valence-electron chi connectivity index (χ2n) is 5.90. The molecule has 1 aliphatic heterocycles. The Morgan fingerprint density at radius 1 is 1.36 bits per heavy atom. The van der Waals surface area contributed by atoms with Crippen molar-refractivity contribution in [3.63, 3.8) is 0 Å². The lowest BCUT2D eigenvalue weighted by Gasteiger charge is -2.23. The van der Waals surface area contributed by atoms with Gasteiger partial charge in [-0.2, -0.15) is 0 Å². The van der Waals surface area contributed by atoms with Gasteiger partial charge < -0.3 is 14.4 Å². The normalized spacial score (nSPS) is 17.8. The summed E-state index contributed by atoms with van der Waals surface area (Å²) in [6.45, 7) is 1.91. The number of benzene rings is 1. The van der Waals surface area contributed by atoms with Crippen molar-refractivity contribution in [3.8, 4) is 5.75 Å². The van der Waals surface area contributed by atoms with Crippen LogP contribution < -0.4 is 4.74 Å². The Balaban J connectivity index is 1.56. The van der Waals surface area contributed by atoms with Gasteiger partial charge in [0.05, 0.1) is 13.2 Å². The summed E-state index contributed by atoms with van der Waals surface area (Å²) >= 11 is 0. The number of para-hydroxylation sites is 1. The smallest absolute Gasteiger partial charge is 0.260 e. The molecule has 1 saturated heterocycles. The molecule has 1 aromatic carbocycles. The molecule has 2 heterocycles. The molecule has 2 aromatic rings. The summed E-state index contributed by atoms with van der Waals surface area (Å²) in [7, 11) is 0. The first-order valence-corrected chi connectivity index (χ1v) is 8.20. The molecule has 0 spiro atoms. The molecule has 3 rings (SSSR count). The van der Waals surface area contributed by atoms with Crippen molar-refractivity contribution in [1.82, 2.24) is 14.9 Å². The second-order valence-corrected chi connectivity index (χ2v) is 5.90. The number of aromatic nitrogens is 2. The highest BCUT2D eigenvalue weighted by atomic mass is 19.1. The lowest BCUT2D eigenvalue weighted by molar-refractivity contribution is -0.133. The summed E-state index contributed by atoms with van der Waals surface area (Å²) in [4.78, 5) is 22.3. The summed E-state index contributed by atoms with van der Waals surface area (Å²) in [5.41, 5.74) is 0.917. The lowest BCUT2D eigenvalue weighted by Crippen LogP contribution is -2.39. The molecule has 6 nitrogen and oxygen atoms in total. The zero-order valence-electron chi connectivity index (χ0n) is 13.8. The highest BCUT2D eigenvalue weighted by Crippen LogP contribution is 2.16. The number of halogens is 1. The Bertz CT molecular complexity index is 699. The second kappa shape index (κ2) is 8.53. The van der Waals surface area contributed by atoms with Crippen LogP contribution in [0.2, 0.25) is 0 Å². The molecular formula is C18H20FN3O3. The number of hydrogen-bond acceptors (Lipinski definition) is 5. The Morgan fingerprint density at radius 3 is 3.04 bits per heavy atom. The first kappa shape index (κ1) is 17.3. The van der Waals surface area contributed by atoms with Gasteiger partial charge in [0.1, 0.15) is 6.33 Å². The average Bonchev–Trinajstić information content (AvgIpc) is 2.87. The van der Waals surface area contributed by atoms with Crippen LogP contribution in [0.3, 0.4) is 0 Å². The van der Waals surface area contributed by atoms with Crippen LogP contribution in [0.4, 0.5) is 4.39 Å². The molecule has 0 radical (unpaired) electrons. The van der Waals surface area contributed by atoms with Crippen LogP contribution in [0.25, 0.3) is 0 Å². The fourth-order valence-electron chi connectivity index (χ4n) is 2.76. The molecule has 7 heteroatoms. The summed E-state index contributed by atoms with van der Waals surface area (Å²) < 4.78 is 24.5. The zero-order valence-corrected chi connectivity index (χ0v) is 13.8. The van der Waals surface area contributed by atoms with Gasteiger partial charge in [-0.3, -0.25) is 4.79 Å². The Labute approximate surface area is 145 Å². The van der Waals surface area contributed by atoms with Crippen LogP contribution in [-0.4, -0.2) is 53.7 Å². The number of ether oxygens (including phenoxy) is 2. The minimum absolute atomic E-state index is 0.0828. The van der Waals surface area contributed by atoms with Gasteiger partial charge in [0.15, 0.2) is 18.2 Å². The van der Waals surface area contributed by atoms with E-state index in [2.05, 4.69) is 9.97 Å². The van der Waals surface area contributed by atoms with E-state index in [-0.39, 0.29) is 24.2 Å². The average molecular weight is 345 g/mol. The molecule has 0 N–H and O–H groups in total. The lowest BCUT2D eigenvalue weighted by atomic mass is 10.0. The van der Waals surface area contributed by atoms with E-state index in [1.807, 2.05) is 6.07 Å². The third-order valence-corrected chi connectivity index (χ3v) is 4.02. The minimum Gasteiger partial charge on any atom is -0.481 e. The highest BCUT2D eigenvalue weighted by molar-refractivity contribution is 5.77. The number of carbonyl (C=O) groups excluding carboxylic acids is 1. The quantitative estimate of drug-likeness (QED) is 0.825. The Hall–Kier alpha value is -2.54. The number of carbonyl (C=O) groups is 1. The van der Waals surface area contributed by atoms with E-state index >= 15 is 0 Å². The van der Waals surface area contributed by atoms with Gasteiger partial charge in [0, 0.05) is 30.9 Å². The van der Waals surface area contributed by atoms with Crippen LogP contribution in [0, 0.1) is 11.7 Å².